The largest absolute Gasteiger partial charge is 0.495 e. The van der Waals surface area contributed by atoms with E-state index in [-0.39, 0.29) is 0 Å². The van der Waals surface area contributed by atoms with E-state index in [4.69, 9.17) is 4.74 Å². The van der Waals surface area contributed by atoms with Crippen molar-refractivity contribution in [2.45, 2.75) is 0 Å². The predicted octanol–water partition coefficient (Wildman–Crippen LogP) is 3.79. The Balaban J connectivity index is 2.09. The summed E-state index contributed by atoms with van der Waals surface area (Å²) < 4.78 is 5.31. The first-order valence-corrected chi connectivity index (χ1v) is 6.24. The number of hydrogen-bond donors (Lipinski definition) is 2. The van der Waals surface area contributed by atoms with Gasteiger partial charge >= 0.3 is 0 Å². The Labute approximate surface area is 116 Å². The van der Waals surface area contributed by atoms with Crippen molar-refractivity contribution in [1.82, 2.24) is 4.98 Å². The molecule has 0 bridgehead atoms. The molecule has 2 N–H and O–H groups in total. The van der Waals surface area contributed by atoms with Crippen LogP contribution in [-0.4, -0.2) is 12.1 Å². The lowest BCUT2D eigenvalue weighted by Crippen LogP contribution is -1.95. The summed E-state index contributed by atoms with van der Waals surface area (Å²) >= 11 is 0. The Morgan fingerprint density at radius 2 is 1.85 bits per heavy atom. The molecule has 1 aromatic heterocycles. The highest BCUT2D eigenvalue weighted by Gasteiger charge is 2.12. The number of aromatic nitrogens is 1. The summed E-state index contributed by atoms with van der Waals surface area (Å²) in [6.07, 6.45) is 0. The molecule has 0 saturated heterocycles. The van der Waals surface area contributed by atoms with Crippen LogP contribution in [0, 0.1) is 11.3 Å². The Morgan fingerprint density at radius 3 is 2.65 bits per heavy atom. The number of benzene rings is 2. The van der Waals surface area contributed by atoms with Crippen molar-refractivity contribution in [1.29, 1.82) is 5.26 Å². The molecule has 4 heteroatoms. The van der Waals surface area contributed by atoms with Crippen LogP contribution in [0.3, 0.4) is 0 Å². The molecule has 0 fully saturated rings. The van der Waals surface area contributed by atoms with Crippen LogP contribution in [0.4, 0.5) is 11.5 Å². The van der Waals surface area contributed by atoms with Crippen molar-refractivity contribution in [3.05, 3.63) is 54.1 Å². The summed E-state index contributed by atoms with van der Waals surface area (Å²) in [7, 11) is 1.62. The highest BCUT2D eigenvalue weighted by molar-refractivity contribution is 5.92. The van der Waals surface area contributed by atoms with Crippen LogP contribution in [0.1, 0.15) is 5.56 Å². The number of H-pyrrole nitrogens is 1. The van der Waals surface area contributed by atoms with E-state index in [1.54, 1.807) is 7.11 Å². The van der Waals surface area contributed by atoms with Crippen molar-refractivity contribution < 1.29 is 4.74 Å². The van der Waals surface area contributed by atoms with Crippen molar-refractivity contribution in [2.24, 2.45) is 0 Å². The van der Waals surface area contributed by atoms with Crippen LogP contribution in [0.5, 0.6) is 5.75 Å². The molecule has 2 aromatic carbocycles. The number of nitrogens with one attached hydrogen (secondary N) is 2. The highest BCUT2D eigenvalue weighted by atomic mass is 16.5. The number of para-hydroxylation sites is 3. The summed E-state index contributed by atoms with van der Waals surface area (Å²) in [6.45, 7) is 0. The molecule has 0 atom stereocenters. The lowest BCUT2D eigenvalue weighted by atomic mass is 10.2. The van der Waals surface area contributed by atoms with Crippen molar-refractivity contribution in [3.8, 4) is 11.8 Å². The number of methoxy groups -OCH3 is 1. The molecule has 0 unspecified atom stereocenters. The van der Waals surface area contributed by atoms with E-state index >= 15 is 0 Å². The summed E-state index contributed by atoms with van der Waals surface area (Å²) in [5.41, 5.74) is 2.35. The van der Waals surface area contributed by atoms with Gasteiger partial charge in [0, 0.05) is 10.9 Å². The van der Waals surface area contributed by atoms with E-state index in [9.17, 15) is 5.26 Å². The normalized spacial score (nSPS) is 10.2. The smallest absolute Gasteiger partial charge is 0.142 e. The van der Waals surface area contributed by atoms with Crippen LogP contribution in [0.15, 0.2) is 48.5 Å². The fourth-order valence-corrected chi connectivity index (χ4v) is 2.23. The Hall–Kier alpha value is -2.93. The van der Waals surface area contributed by atoms with Crippen molar-refractivity contribution in [3.63, 3.8) is 0 Å². The van der Waals surface area contributed by atoms with Gasteiger partial charge in [-0.1, -0.05) is 30.3 Å². The summed E-state index contributed by atoms with van der Waals surface area (Å²) in [4.78, 5) is 3.23. The van der Waals surface area contributed by atoms with Crippen molar-refractivity contribution >= 4 is 22.4 Å². The predicted molar refractivity (Wildman–Crippen MR) is 79.3 cm³/mol. The number of hydrogen-bond acceptors (Lipinski definition) is 3. The Kier molecular flexibility index (Phi) is 3.02. The zero-order chi connectivity index (χ0) is 13.9. The second-order valence-corrected chi connectivity index (χ2v) is 4.36. The molecule has 20 heavy (non-hydrogen) atoms. The van der Waals surface area contributed by atoms with Crippen LogP contribution in [0.25, 0.3) is 10.9 Å². The van der Waals surface area contributed by atoms with E-state index in [0.717, 1.165) is 22.3 Å². The van der Waals surface area contributed by atoms with Gasteiger partial charge in [0.05, 0.1) is 12.8 Å². The van der Waals surface area contributed by atoms with Crippen LogP contribution >= 0.6 is 0 Å². The second kappa shape index (κ2) is 4.98. The summed E-state index contributed by atoms with van der Waals surface area (Å²) in [6, 6.07) is 17.6. The minimum Gasteiger partial charge on any atom is -0.495 e. The molecule has 98 valence electrons. The number of anilines is 2. The maximum absolute atomic E-state index is 9.37. The average molecular weight is 263 g/mol. The minimum atomic E-state index is 0.603. The second-order valence-electron chi connectivity index (χ2n) is 4.36. The lowest BCUT2D eigenvalue weighted by Gasteiger charge is -2.09. The fourth-order valence-electron chi connectivity index (χ4n) is 2.23. The third-order valence-electron chi connectivity index (χ3n) is 3.18. The monoisotopic (exact) mass is 263 g/mol. The first-order chi connectivity index (χ1) is 9.83. The molecule has 0 aliphatic rings. The van der Waals surface area contributed by atoms with E-state index in [0.29, 0.717) is 11.4 Å². The lowest BCUT2D eigenvalue weighted by molar-refractivity contribution is 0.417. The third kappa shape index (κ3) is 1.95. The minimum absolute atomic E-state index is 0.603. The van der Waals surface area contributed by atoms with Crippen molar-refractivity contribution in [2.75, 3.05) is 12.4 Å². The maximum atomic E-state index is 9.37. The molecule has 3 rings (SSSR count). The van der Waals surface area contributed by atoms with E-state index in [1.165, 1.54) is 0 Å². The zero-order valence-electron chi connectivity index (χ0n) is 11.0. The molecule has 0 aliphatic carbocycles. The number of nitrogens with zero attached hydrogens (tertiary/aromatic N) is 1. The van der Waals surface area contributed by atoms with Gasteiger partial charge in [0.25, 0.3) is 0 Å². The number of ether oxygens (including phenoxy) is 1. The molecule has 4 nitrogen and oxygen atoms in total. The van der Waals surface area contributed by atoms with Gasteiger partial charge in [-0.3, -0.25) is 0 Å². The molecule has 0 spiro atoms. The molecular formula is C16H13N3O. The van der Waals surface area contributed by atoms with E-state index < -0.39 is 0 Å². The summed E-state index contributed by atoms with van der Waals surface area (Å²) in [5, 5.41) is 13.5. The first kappa shape index (κ1) is 12.1. The molecule has 3 aromatic rings. The molecule has 0 aliphatic heterocycles. The fraction of sp³-hybridized carbons (Fsp3) is 0.0625. The molecule has 0 radical (unpaired) electrons. The number of rotatable bonds is 3. The first-order valence-electron chi connectivity index (χ1n) is 6.24. The number of aromatic amines is 1. The molecule has 1 heterocycles. The molecular weight excluding hydrogens is 250 g/mol. The average Bonchev–Trinajstić information content (AvgIpc) is 2.85. The topological polar surface area (TPSA) is 60.8 Å². The standard InChI is InChI=1S/C16H13N3O/c1-20-15-9-5-4-8-14(15)19-16-12(10-17)11-6-2-3-7-13(11)18-16/h2-9,18-19H,1H3. The van der Waals surface area contributed by atoms with Gasteiger partial charge in [0.1, 0.15) is 23.2 Å². The van der Waals surface area contributed by atoms with Gasteiger partial charge in [0.15, 0.2) is 0 Å². The molecule has 0 saturated carbocycles. The quantitative estimate of drug-likeness (QED) is 0.755. The van der Waals surface area contributed by atoms with Gasteiger partial charge < -0.3 is 15.0 Å². The maximum Gasteiger partial charge on any atom is 0.142 e. The Bertz CT molecular complexity index is 799. The van der Waals surface area contributed by atoms with E-state index in [2.05, 4.69) is 16.4 Å². The number of nitriles is 1. The SMILES string of the molecule is COc1ccccc1Nc1[nH]c2ccccc2c1C#N. The van der Waals surface area contributed by atoms with E-state index in [1.807, 2.05) is 48.5 Å². The molecule has 0 amide bonds. The number of fused-ring (bicyclic) bond motifs is 1. The van der Waals surface area contributed by atoms with Crippen LogP contribution in [-0.2, 0) is 0 Å². The zero-order valence-corrected chi connectivity index (χ0v) is 11.0. The van der Waals surface area contributed by atoms with Gasteiger partial charge in [0.2, 0.25) is 0 Å². The van der Waals surface area contributed by atoms with Gasteiger partial charge in [-0.2, -0.15) is 5.26 Å². The third-order valence-corrected chi connectivity index (χ3v) is 3.18. The van der Waals surface area contributed by atoms with Gasteiger partial charge in [-0.15, -0.1) is 0 Å². The van der Waals surface area contributed by atoms with Crippen LogP contribution in [0.2, 0.25) is 0 Å². The summed E-state index contributed by atoms with van der Waals surface area (Å²) in [5.74, 6) is 1.41. The van der Waals surface area contributed by atoms with Crippen LogP contribution < -0.4 is 10.1 Å². The van der Waals surface area contributed by atoms with Gasteiger partial charge in [-0.05, 0) is 18.2 Å². The Morgan fingerprint density at radius 1 is 1.10 bits per heavy atom. The highest BCUT2D eigenvalue weighted by Crippen LogP contribution is 2.31. The van der Waals surface area contributed by atoms with Gasteiger partial charge in [-0.25, -0.2) is 0 Å².